The molecule has 0 aromatic rings. The molecule has 1 aliphatic rings. The van der Waals surface area contributed by atoms with Crippen molar-refractivity contribution in [3.8, 4) is 0 Å². The highest BCUT2D eigenvalue weighted by atomic mass is 16.6. The van der Waals surface area contributed by atoms with Crippen LogP contribution in [0.1, 0.15) is 20.8 Å². The fraction of sp³-hybridized carbons (Fsp3) is 0.778. The van der Waals surface area contributed by atoms with Crippen molar-refractivity contribution in [2.75, 3.05) is 13.2 Å². The van der Waals surface area contributed by atoms with Gasteiger partial charge in [0.05, 0.1) is 6.61 Å². The number of hydrogen-bond donors (Lipinski definition) is 1. The molecule has 1 amide bonds. The van der Waals surface area contributed by atoms with Gasteiger partial charge in [-0.05, 0) is 20.8 Å². The van der Waals surface area contributed by atoms with Crippen LogP contribution >= 0.6 is 0 Å². The third-order valence-electron chi connectivity index (χ3n) is 1.54. The lowest BCUT2D eigenvalue weighted by Crippen LogP contribution is -2.51. The van der Waals surface area contributed by atoms with Gasteiger partial charge in [0.15, 0.2) is 6.04 Å². The number of carbonyl (C=O) groups excluding carboxylic acids is 2. The number of rotatable bonds is 1. The third kappa shape index (κ3) is 3.33. The molecule has 1 saturated heterocycles. The number of ether oxygens (including phenoxy) is 2. The Morgan fingerprint density at radius 3 is 2.71 bits per heavy atom. The van der Waals surface area contributed by atoms with E-state index < -0.39 is 17.6 Å². The summed E-state index contributed by atoms with van der Waals surface area (Å²) >= 11 is 0. The molecule has 14 heavy (non-hydrogen) atoms. The van der Waals surface area contributed by atoms with E-state index >= 15 is 0 Å². The van der Waals surface area contributed by atoms with Crippen molar-refractivity contribution >= 4 is 11.9 Å². The molecule has 1 unspecified atom stereocenters. The molecule has 1 N–H and O–H groups in total. The van der Waals surface area contributed by atoms with E-state index in [2.05, 4.69) is 5.32 Å². The second kappa shape index (κ2) is 3.96. The highest BCUT2D eigenvalue weighted by Crippen LogP contribution is 2.09. The van der Waals surface area contributed by atoms with Crippen LogP contribution in [0.5, 0.6) is 0 Å². The molecule has 1 fully saturated rings. The fourth-order valence-electron chi connectivity index (χ4n) is 1.05. The maximum Gasteiger partial charge on any atom is 0.331 e. The Kier molecular flexibility index (Phi) is 3.10. The summed E-state index contributed by atoms with van der Waals surface area (Å²) < 4.78 is 10.0. The Morgan fingerprint density at radius 2 is 2.21 bits per heavy atom. The second-order valence-corrected chi connectivity index (χ2v) is 4.17. The first-order valence-electron chi connectivity index (χ1n) is 4.48. The van der Waals surface area contributed by atoms with Crippen molar-refractivity contribution in [2.24, 2.45) is 0 Å². The quantitative estimate of drug-likeness (QED) is 0.599. The summed E-state index contributed by atoms with van der Waals surface area (Å²) in [7, 11) is 0. The van der Waals surface area contributed by atoms with Crippen LogP contribution in [0, 0.1) is 0 Å². The van der Waals surface area contributed by atoms with Gasteiger partial charge in [0, 0.05) is 0 Å². The standard InChI is InChI=1S/C9H15NO4/c1-9(2,3)14-8(12)6-4-13-5-7(11)10-6/h6H,4-5H2,1-3H3,(H,10,11). The van der Waals surface area contributed by atoms with Crippen molar-refractivity contribution in [3.63, 3.8) is 0 Å². The average Bonchev–Trinajstić information content (AvgIpc) is 2.01. The number of nitrogens with one attached hydrogen (secondary N) is 1. The summed E-state index contributed by atoms with van der Waals surface area (Å²) in [5.74, 6) is -0.738. The SMILES string of the molecule is CC(C)(C)OC(=O)C1COCC(=O)N1. The van der Waals surface area contributed by atoms with Gasteiger partial charge in [0.2, 0.25) is 5.91 Å². The number of esters is 1. The van der Waals surface area contributed by atoms with Gasteiger partial charge in [-0.15, -0.1) is 0 Å². The van der Waals surface area contributed by atoms with Crippen molar-refractivity contribution < 1.29 is 19.1 Å². The monoisotopic (exact) mass is 201 g/mol. The molecule has 80 valence electrons. The Bertz CT molecular complexity index is 244. The predicted octanol–water partition coefficient (Wildman–Crippen LogP) is -0.157. The van der Waals surface area contributed by atoms with E-state index in [-0.39, 0.29) is 19.1 Å². The largest absolute Gasteiger partial charge is 0.458 e. The number of morpholine rings is 1. The van der Waals surface area contributed by atoms with Gasteiger partial charge < -0.3 is 14.8 Å². The Morgan fingerprint density at radius 1 is 1.57 bits per heavy atom. The van der Waals surface area contributed by atoms with Crippen LogP contribution in [0.3, 0.4) is 0 Å². The smallest absolute Gasteiger partial charge is 0.331 e. The van der Waals surface area contributed by atoms with E-state index in [1.165, 1.54) is 0 Å². The first-order valence-corrected chi connectivity index (χ1v) is 4.48. The molecule has 0 saturated carbocycles. The van der Waals surface area contributed by atoms with Crippen LogP contribution in [0.25, 0.3) is 0 Å². The van der Waals surface area contributed by atoms with Crippen molar-refractivity contribution in [1.82, 2.24) is 5.32 Å². The highest BCUT2D eigenvalue weighted by molar-refractivity contribution is 5.86. The van der Waals surface area contributed by atoms with Crippen LogP contribution in [-0.2, 0) is 19.1 Å². The van der Waals surface area contributed by atoms with Gasteiger partial charge in [-0.2, -0.15) is 0 Å². The number of carbonyl (C=O) groups is 2. The zero-order valence-corrected chi connectivity index (χ0v) is 8.62. The van der Waals surface area contributed by atoms with Gasteiger partial charge in [-0.25, -0.2) is 4.79 Å². The lowest BCUT2D eigenvalue weighted by Gasteiger charge is -2.26. The molecule has 1 atom stereocenters. The summed E-state index contributed by atoms with van der Waals surface area (Å²) in [6.45, 7) is 5.52. The average molecular weight is 201 g/mol. The molecule has 0 radical (unpaired) electrons. The van der Waals surface area contributed by atoms with Crippen molar-refractivity contribution in [3.05, 3.63) is 0 Å². The molecule has 5 nitrogen and oxygen atoms in total. The molecule has 0 bridgehead atoms. The van der Waals surface area contributed by atoms with E-state index in [1.807, 2.05) is 0 Å². The van der Waals surface area contributed by atoms with E-state index in [1.54, 1.807) is 20.8 Å². The van der Waals surface area contributed by atoms with Crippen molar-refractivity contribution in [2.45, 2.75) is 32.4 Å². The van der Waals surface area contributed by atoms with Crippen LogP contribution in [0.15, 0.2) is 0 Å². The Hall–Kier alpha value is -1.10. The first-order chi connectivity index (χ1) is 6.38. The Labute approximate surface area is 82.8 Å². The molecule has 5 heteroatoms. The number of amides is 1. The van der Waals surface area contributed by atoms with Crippen LogP contribution < -0.4 is 5.32 Å². The first kappa shape index (κ1) is 11.0. The van der Waals surface area contributed by atoms with Gasteiger partial charge in [-0.1, -0.05) is 0 Å². The summed E-state index contributed by atoms with van der Waals surface area (Å²) in [6.07, 6.45) is 0. The zero-order chi connectivity index (χ0) is 10.8. The van der Waals surface area contributed by atoms with Gasteiger partial charge >= 0.3 is 5.97 Å². The molecule has 0 spiro atoms. The van der Waals surface area contributed by atoms with Gasteiger partial charge in [0.25, 0.3) is 0 Å². The van der Waals surface area contributed by atoms with Crippen LogP contribution in [0.4, 0.5) is 0 Å². The maximum absolute atomic E-state index is 11.4. The van der Waals surface area contributed by atoms with Crippen LogP contribution in [0.2, 0.25) is 0 Å². The lowest BCUT2D eigenvalue weighted by molar-refractivity contribution is -0.163. The van der Waals surface area contributed by atoms with E-state index in [4.69, 9.17) is 9.47 Å². The summed E-state index contributed by atoms with van der Waals surface area (Å²) in [4.78, 5) is 22.3. The second-order valence-electron chi connectivity index (χ2n) is 4.17. The highest BCUT2D eigenvalue weighted by Gasteiger charge is 2.29. The maximum atomic E-state index is 11.4. The molecule has 0 aromatic heterocycles. The normalized spacial score (nSPS) is 22.8. The fourth-order valence-corrected chi connectivity index (χ4v) is 1.05. The van der Waals surface area contributed by atoms with E-state index in [0.717, 1.165) is 0 Å². The molecule has 1 aliphatic heterocycles. The van der Waals surface area contributed by atoms with Gasteiger partial charge in [0.1, 0.15) is 12.2 Å². The molecule has 0 aliphatic carbocycles. The minimum atomic E-state index is -0.671. The van der Waals surface area contributed by atoms with Crippen LogP contribution in [-0.4, -0.2) is 36.7 Å². The third-order valence-corrected chi connectivity index (χ3v) is 1.54. The molecule has 1 heterocycles. The summed E-state index contributed by atoms with van der Waals surface area (Å²) in [6, 6.07) is -0.671. The molecule has 1 rings (SSSR count). The zero-order valence-electron chi connectivity index (χ0n) is 8.62. The minimum Gasteiger partial charge on any atom is -0.458 e. The van der Waals surface area contributed by atoms with E-state index in [9.17, 15) is 9.59 Å². The van der Waals surface area contributed by atoms with Crippen molar-refractivity contribution in [1.29, 1.82) is 0 Å². The van der Waals surface area contributed by atoms with E-state index in [0.29, 0.717) is 0 Å². The number of hydrogen-bond acceptors (Lipinski definition) is 4. The summed E-state index contributed by atoms with van der Waals surface area (Å²) in [5, 5.41) is 2.50. The minimum absolute atomic E-state index is 0.0132. The lowest BCUT2D eigenvalue weighted by atomic mass is 10.2. The Balaban J connectivity index is 2.48. The topological polar surface area (TPSA) is 64.6 Å². The molecule has 0 aromatic carbocycles. The molecular formula is C9H15NO4. The predicted molar refractivity (Wildman–Crippen MR) is 48.6 cm³/mol. The van der Waals surface area contributed by atoms with Gasteiger partial charge in [-0.3, -0.25) is 4.79 Å². The molecular weight excluding hydrogens is 186 g/mol. The summed E-state index contributed by atoms with van der Waals surface area (Å²) in [5.41, 5.74) is -0.542.